The molecule has 2 heterocycles. The highest BCUT2D eigenvalue weighted by Gasteiger charge is 2.44. The Morgan fingerprint density at radius 3 is 2.50 bits per heavy atom. The van der Waals surface area contributed by atoms with E-state index in [2.05, 4.69) is 19.1 Å². The topological polar surface area (TPSA) is 74.9 Å². The molecule has 0 aliphatic carbocycles. The van der Waals surface area contributed by atoms with E-state index in [0.29, 0.717) is 17.1 Å². The lowest BCUT2D eigenvalue weighted by Gasteiger charge is -2.27. The number of carbonyl (C=O) groups is 2. The van der Waals surface area contributed by atoms with Crippen molar-refractivity contribution >= 4 is 23.0 Å². The molecule has 1 aliphatic rings. The van der Waals surface area contributed by atoms with E-state index in [-0.39, 0.29) is 11.4 Å². The zero-order chi connectivity index (χ0) is 20.4. The Balaban J connectivity index is 2.01. The van der Waals surface area contributed by atoms with Gasteiger partial charge in [-0.3, -0.25) is 9.59 Å². The lowest BCUT2D eigenvalue weighted by atomic mass is 9.95. The molecule has 2 N–H and O–H groups in total. The number of Topliss-reactive ketones (excluding diaryl/α,β-unsaturated/α-hetero) is 1. The third-order valence-electron chi connectivity index (χ3n) is 4.85. The second-order valence-electron chi connectivity index (χ2n) is 7.36. The van der Waals surface area contributed by atoms with E-state index in [0.717, 1.165) is 23.5 Å². The molecule has 0 saturated heterocycles. The number of nitrogens with one attached hydrogen (secondary N) is 1. The highest BCUT2D eigenvalue weighted by Crippen LogP contribution is 2.39. The van der Waals surface area contributed by atoms with Crippen molar-refractivity contribution < 1.29 is 19.6 Å². The van der Waals surface area contributed by atoms with Crippen LogP contribution in [0.3, 0.4) is 0 Å². The predicted octanol–water partition coefficient (Wildman–Crippen LogP) is 1.87. The Morgan fingerprint density at radius 1 is 1.25 bits per heavy atom. The minimum absolute atomic E-state index is 0.153. The standard InChI is InChI=1S/C21H25N3O3S/c1-13-20(28-14(2)22-13)18(25)16-17(15-9-6-5-7-10-15)24(21(27)19(16)26)12-8-11-23(3)4/h5-7,9-10,17,26H,8,11-12H2,1-4H3/p+1/t17-/m0/s1. The molecule has 0 saturated carbocycles. The molecule has 6 nitrogen and oxygen atoms in total. The van der Waals surface area contributed by atoms with Crippen LogP contribution in [0.5, 0.6) is 0 Å². The molecule has 1 atom stereocenters. The van der Waals surface area contributed by atoms with E-state index in [1.54, 1.807) is 11.8 Å². The van der Waals surface area contributed by atoms with Gasteiger partial charge >= 0.3 is 0 Å². The summed E-state index contributed by atoms with van der Waals surface area (Å²) in [5, 5.41) is 11.4. The molecule has 2 aromatic rings. The van der Waals surface area contributed by atoms with E-state index < -0.39 is 17.7 Å². The van der Waals surface area contributed by atoms with Crippen molar-refractivity contribution in [1.82, 2.24) is 9.88 Å². The van der Waals surface area contributed by atoms with Crippen molar-refractivity contribution in [2.24, 2.45) is 0 Å². The number of carbonyl (C=O) groups excluding carboxylic acids is 2. The first-order chi connectivity index (χ1) is 13.3. The highest BCUT2D eigenvalue weighted by molar-refractivity contribution is 7.14. The van der Waals surface area contributed by atoms with E-state index in [9.17, 15) is 14.7 Å². The van der Waals surface area contributed by atoms with Crippen LogP contribution >= 0.6 is 11.3 Å². The molecule has 1 aromatic carbocycles. The van der Waals surface area contributed by atoms with Crippen LogP contribution in [0.15, 0.2) is 41.7 Å². The maximum Gasteiger partial charge on any atom is 0.290 e. The third-order valence-corrected chi connectivity index (χ3v) is 5.92. The molecule has 3 rings (SSSR count). The molecule has 0 fully saturated rings. The molecule has 0 radical (unpaired) electrons. The van der Waals surface area contributed by atoms with E-state index in [1.165, 1.54) is 16.2 Å². The van der Waals surface area contributed by atoms with Gasteiger partial charge in [0.2, 0.25) is 5.78 Å². The van der Waals surface area contributed by atoms with Crippen LogP contribution in [0.4, 0.5) is 0 Å². The number of amides is 1. The first-order valence-corrected chi connectivity index (χ1v) is 10.2. The number of ketones is 1. The number of nitrogens with zero attached hydrogens (tertiary/aromatic N) is 2. The van der Waals surface area contributed by atoms with Gasteiger partial charge in [0, 0.05) is 13.0 Å². The zero-order valence-corrected chi connectivity index (χ0v) is 17.5. The van der Waals surface area contributed by atoms with Crippen molar-refractivity contribution in [1.29, 1.82) is 0 Å². The van der Waals surface area contributed by atoms with Gasteiger partial charge in [-0.05, 0) is 19.4 Å². The van der Waals surface area contributed by atoms with Gasteiger partial charge in [0.05, 0.1) is 47.8 Å². The molecule has 0 bridgehead atoms. The molecule has 28 heavy (non-hydrogen) atoms. The van der Waals surface area contributed by atoms with Crippen LogP contribution in [0.2, 0.25) is 0 Å². The quantitative estimate of drug-likeness (QED) is 0.696. The molecule has 0 spiro atoms. The molecule has 1 aromatic heterocycles. The lowest BCUT2D eigenvalue weighted by molar-refractivity contribution is -0.858. The average molecular weight is 401 g/mol. The number of rotatable bonds is 7. The monoisotopic (exact) mass is 400 g/mol. The summed E-state index contributed by atoms with van der Waals surface area (Å²) >= 11 is 1.29. The van der Waals surface area contributed by atoms with E-state index in [1.807, 2.05) is 37.3 Å². The van der Waals surface area contributed by atoms with Crippen molar-refractivity contribution in [3.63, 3.8) is 0 Å². The molecule has 1 amide bonds. The Labute approximate surface area is 169 Å². The number of aromatic nitrogens is 1. The summed E-state index contributed by atoms with van der Waals surface area (Å²) in [5.74, 6) is -1.24. The van der Waals surface area contributed by atoms with Gasteiger partial charge in [-0.1, -0.05) is 30.3 Å². The van der Waals surface area contributed by atoms with Crippen molar-refractivity contribution in [3.8, 4) is 0 Å². The van der Waals surface area contributed by atoms with Crippen LogP contribution < -0.4 is 4.90 Å². The Bertz CT molecular complexity index is 918. The van der Waals surface area contributed by atoms with E-state index >= 15 is 0 Å². The Kier molecular flexibility index (Phi) is 5.96. The number of aliphatic hydroxyl groups excluding tert-OH is 1. The second-order valence-corrected chi connectivity index (χ2v) is 8.56. The number of aliphatic hydroxyl groups is 1. The van der Waals surface area contributed by atoms with Crippen molar-refractivity contribution in [2.45, 2.75) is 26.3 Å². The smallest absolute Gasteiger partial charge is 0.290 e. The van der Waals surface area contributed by atoms with Gasteiger partial charge in [-0.25, -0.2) is 4.98 Å². The minimum atomic E-state index is -0.583. The second kappa shape index (κ2) is 8.24. The van der Waals surface area contributed by atoms with Crippen LogP contribution in [-0.4, -0.2) is 53.9 Å². The summed E-state index contributed by atoms with van der Waals surface area (Å²) in [4.78, 5) is 33.9. The number of aryl methyl sites for hydroxylation is 2. The molecular weight excluding hydrogens is 374 g/mol. The average Bonchev–Trinajstić information content (AvgIpc) is 3.12. The maximum atomic E-state index is 13.3. The summed E-state index contributed by atoms with van der Waals surface area (Å²) in [5.41, 5.74) is 1.60. The largest absolute Gasteiger partial charge is 0.503 e. The summed E-state index contributed by atoms with van der Waals surface area (Å²) in [6, 6.07) is 8.84. The van der Waals surface area contributed by atoms with Gasteiger partial charge in [-0.15, -0.1) is 11.3 Å². The van der Waals surface area contributed by atoms with Crippen LogP contribution in [0.25, 0.3) is 0 Å². The number of thiazole rings is 1. The summed E-state index contributed by atoms with van der Waals surface area (Å²) in [6.07, 6.45) is 0.783. The molecule has 148 valence electrons. The number of benzene rings is 1. The summed E-state index contributed by atoms with van der Waals surface area (Å²) in [7, 11) is 4.11. The fourth-order valence-corrected chi connectivity index (χ4v) is 4.44. The Hall–Kier alpha value is -2.51. The Morgan fingerprint density at radius 2 is 1.93 bits per heavy atom. The highest BCUT2D eigenvalue weighted by atomic mass is 32.1. The van der Waals surface area contributed by atoms with Crippen LogP contribution in [0.1, 0.15) is 38.4 Å². The molecule has 0 unspecified atom stereocenters. The lowest BCUT2D eigenvalue weighted by Crippen LogP contribution is -3.05. The number of quaternary nitrogens is 1. The molecular formula is C21H26N3O3S+. The van der Waals surface area contributed by atoms with Gasteiger partial charge in [0.15, 0.2) is 5.76 Å². The normalized spacial score (nSPS) is 17.1. The maximum absolute atomic E-state index is 13.3. The van der Waals surface area contributed by atoms with Gasteiger partial charge < -0.3 is 14.9 Å². The first kappa shape index (κ1) is 20.2. The number of hydrogen-bond donors (Lipinski definition) is 2. The zero-order valence-electron chi connectivity index (χ0n) is 16.7. The minimum Gasteiger partial charge on any atom is -0.503 e. The van der Waals surface area contributed by atoms with Crippen LogP contribution in [-0.2, 0) is 4.79 Å². The fraction of sp³-hybridized carbons (Fsp3) is 0.381. The fourth-order valence-electron chi connectivity index (χ4n) is 3.57. The molecule has 1 aliphatic heterocycles. The van der Waals surface area contributed by atoms with Crippen molar-refractivity contribution in [2.75, 3.05) is 27.2 Å². The van der Waals surface area contributed by atoms with Crippen LogP contribution in [0, 0.1) is 13.8 Å². The number of hydrogen-bond acceptors (Lipinski definition) is 5. The third kappa shape index (κ3) is 3.86. The predicted molar refractivity (Wildman–Crippen MR) is 109 cm³/mol. The summed E-state index contributed by atoms with van der Waals surface area (Å²) in [6.45, 7) is 4.99. The van der Waals surface area contributed by atoms with Crippen molar-refractivity contribution in [3.05, 3.63) is 62.8 Å². The first-order valence-electron chi connectivity index (χ1n) is 9.38. The van der Waals surface area contributed by atoms with E-state index in [4.69, 9.17) is 0 Å². The van der Waals surface area contributed by atoms with Gasteiger partial charge in [0.1, 0.15) is 0 Å². The SMILES string of the molecule is Cc1nc(C)c(C(=O)C2=C(O)C(=O)N(CCC[NH+](C)C)[C@H]2c2ccccc2)s1. The van der Waals surface area contributed by atoms with Gasteiger partial charge in [0.25, 0.3) is 5.91 Å². The summed E-state index contributed by atoms with van der Waals surface area (Å²) < 4.78 is 0. The van der Waals surface area contributed by atoms with Gasteiger partial charge in [-0.2, -0.15) is 0 Å². The molecule has 7 heteroatoms.